The summed E-state index contributed by atoms with van der Waals surface area (Å²) in [5, 5.41) is 5.24. The SMILES string of the molecule is O=C(CN1CCC[C@H]1c1cccs1)Nc1ccccc1-c1ccccc1. The van der Waals surface area contributed by atoms with Gasteiger partial charge in [-0.2, -0.15) is 0 Å². The minimum absolute atomic E-state index is 0.0526. The maximum Gasteiger partial charge on any atom is 0.238 e. The quantitative estimate of drug-likeness (QED) is 0.677. The van der Waals surface area contributed by atoms with E-state index in [0.29, 0.717) is 12.6 Å². The minimum atomic E-state index is 0.0526. The van der Waals surface area contributed by atoms with Crippen LogP contribution in [0.1, 0.15) is 23.8 Å². The number of amides is 1. The number of para-hydroxylation sites is 1. The lowest BCUT2D eigenvalue weighted by atomic mass is 10.0. The smallest absolute Gasteiger partial charge is 0.238 e. The van der Waals surface area contributed by atoms with Gasteiger partial charge >= 0.3 is 0 Å². The fourth-order valence-electron chi connectivity index (χ4n) is 3.65. The minimum Gasteiger partial charge on any atom is -0.324 e. The van der Waals surface area contributed by atoms with Crippen molar-refractivity contribution in [3.8, 4) is 11.1 Å². The van der Waals surface area contributed by atoms with E-state index in [4.69, 9.17) is 0 Å². The molecule has 1 saturated heterocycles. The molecular weight excluding hydrogens is 340 g/mol. The predicted octanol–water partition coefficient (Wildman–Crippen LogP) is 5.19. The van der Waals surface area contributed by atoms with Gasteiger partial charge < -0.3 is 5.32 Å². The number of carbonyl (C=O) groups excluding carboxylic acids is 1. The first kappa shape index (κ1) is 17.0. The summed E-state index contributed by atoms with van der Waals surface area (Å²) < 4.78 is 0. The van der Waals surface area contributed by atoms with E-state index < -0.39 is 0 Å². The Hall–Kier alpha value is -2.43. The molecule has 0 aliphatic carbocycles. The Morgan fingerprint density at radius 1 is 1.04 bits per heavy atom. The number of hydrogen-bond donors (Lipinski definition) is 1. The Labute approximate surface area is 158 Å². The van der Waals surface area contributed by atoms with Crippen molar-refractivity contribution in [2.24, 2.45) is 0 Å². The normalized spacial score (nSPS) is 17.3. The van der Waals surface area contributed by atoms with E-state index in [-0.39, 0.29) is 5.91 Å². The molecule has 0 saturated carbocycles. The van der Waals surface area contributed by atoms with E-state index in [9.17, 15) is 4.79 Å². The number of likely N-dealkylation sites (tertiary alicyclic amines) is 1. The molecule has 0 unspecified atom stereocenters. The summed E-state index contributed by atoms with van der Waals surface area (Å²) in [6, 6.07) is 22.8. The number of anilines is 1. The van der Waals surface area contributed by atoms with E-state index in [1.807, 2.05) is 36.4 Å². The molecule has 1 aliphatic heterocycles. The number of thiophene rings is 1. The van der Waals surface area contributed by atoms with E-state index in [0.717, 1.165) is 36.2 Å². The molecule has 4 heteroatoms. The van der Waals surface area contributed by atoms with Gasteiger partial charge in [-0.3, -0.25) is 9.69 Å². The summed E-state index contributed by atoms with van der Waals surface area (Å²) in [6.45, 7) is 1.42. The summed E-state index contributed by atoms with van der Waals surface area (Å²) in [7, 11) is 0. The summed E-state index contributed by atoms with van der Waals surface area (Å²) in [6.07, 6.45) is 2.28. The molecule has 2 aromatic carbocycles. The molecule has 26 heavy (non-hydrogen) atoms. The second-order valence-corrected chi connectivity index (χ2v) is 7.58. The van der Waals surface area contributed by atoms with Crippen LogP contribution in [0.2, 0.25) is 0 Å². The van der Waals surface area contributed by atoms with Gasteiger partial charge in [0.2, 0.25) is 5.91 Å². The van der Waals surface area contributed by atoms with Crippen molar-refractivity contribution in [1.82, 2.24) is 4.90 Å². The van der Waals surface area contributed by atoms with Crippen LogP contribution >= 0.6 is 11.3 Å². The second-order valence-electron chi connectivity index (χ2n) is 6.60. The molecule has 1 aromatic heterocycles. The van der Waals surface area contributed by atoms with Crippen LogP contribution in [-0.4, -0.2) is 23.9 Å². The maximum atomic E-state index is 12.7. The van der Waals surface area contributed by atoms with Gasteiger partial charge in [0.25, 0.3) is 0 Å². The monoisotopic (exact) mass is 362 g/mol. The summed E-state index contributed by atoms with van der Waals surface area (Å²) >= 11 is 1.78. The number of nitrogens with zero attached hydrogens (tertiary/aromatic N) is 1. The van der Waals surface area contributed by atoms with E-state index in [2.05, 4.69) is 45.9 Å². The number of carbonyl (C=O) groups is 1. The van der Waals surface area contributed by atoms with Gasteiger partial charge in [-0.15, -0.1) is 11.3 Å². The molecule has 0 bridgehead atoms. The van der Waals surface area contributed by atoms with Gasteiger partial charge in [-0.1, -0.05) is 54.6 Å². The van der Waals surface area contributed by atoms with Gasteiger partial charge in [0.05, 0.1) is 6.54 Å². The highest BCUT2D eigenvalue weighted by atomic mass is 32.1. The summed E-state index contributed by atoms with van der Waals surface area (Å²) in [4.78, 5) is 16.4. The highest BCUT2D eigenvalue weighted by Crippen LogP contribution is 2.34. The Morgan fingerprint density at radius 3 is 2.65 bits per heavy atom. The Morgan fingerprint density at radius 2 is 1.85 bits per heavy atom. The molecule has 0 radical (unpaired) electrons. The van der Waals surface area contributed by atoms with Crippen LogP contribution in [0.4, 0.5) is 5.69 Å². The first-order valence-corrected chi connectivity index (χ1v) is 9.91. The van der Waals surface area contributed by atoms with Gasteiger partial charge in [0.15, 0.2) is 0 Å². The van der Waals surface area contributed by atoms with E-state index in [1.165, 1.54) is 4.88 Å². The highest BCUT2D eigenvalue weighted by molar-refractivity contribution is 7.10. The fraction of sp³-hybridized carbons (Fsp3) is 0.227. The van der Waals surface area contributed by atoms with Crippen molar-refractivity contribution in [1.29, 1.82) is 0 Å². The molecule has 3 nitrogen and oxygen atoms in total. The van der Waals surface area contributed by atoms with Crippen molar-refractivity contribution < 1.29 is 4.79 Å². The first-order valence-electron chi connectivity index (χ1n) is 9.03. The van der Waals surface area contributed by atoms with E-state index in [1.54, 1.807) is 11.3 Å². The second kappa shape index (κ2) is 7.85. The van der Waals surface area contributed by atoms with Gasteiger partial charge in [-0.25, -0.2) is 0 Å². The van der Waals surface area contributed by atoms with Crippen molar-refractivity contribution in [3.63, 3.8) is 0 Å². The summed E-state index contributed by atoms with van der Waals surface area (Å²) in [5.74, 6) is 0.0526. The Balaban J connectivity index is 1.47. The molecule has 2 heterocycles. The number of benzene rings is 2. The molecule has 1 aliphatic rings. The molecular formula is C22H22N2OS. The number of rotatable bonds is 5. The topological polar surface area (TPSA) is 32.3 Å². The van der Waals surface area contributed by atoms with Gasteiger partial charge in [0, 0.05) is 22.2 Å². The lowest BCUT2D eigenvalue weighted by Crippen LogP contribution is -2.32. The molecule has 1 N–H and O–H groups in total. The zero-order valence-electron chi connectivity index (χ0n) is 14.6. The Bertz CT molecular complexity index is 861. The van der Waals surface area contributed by atoms with Crippen molar-refractivity contribution in [2.45, 2.75) is 18.9 Å². The first-order chi connectivity index (χ1) is 12.8. The molecule has 1 amide bonds. The number of hydrogen-bond acceptors (Lipinski definition) is 3. The average molecular weight is 362 g/mol. The molecule has 4 rings (SSSR count). The molecule has 1 fully saturated rings. The number of nitrogens with one attached hydrogen (secondary N) is 1. The maximum absolute atomic E-state index is 12.7. The Kier molecular flexibility index (Phi) is 5.14. The predicted molar refractivity (Wildman–Crippen MR) is 108 cm³/mol. The van der Waals surface area contributed by atoms with Crippen molar-refractivity contribution >= 4 is 22.9 Å². The average Bonchev–Trinajstić information content (AvgIpc) is 3.34. The standard InChI is InChI=1S/C22H22N2OS/c25-22(16-24-14-6-12-20(24)21-13-7-15-26-21)23-19-11-5-4-10-18(19)17-8-2-1-3-9-17/h1-5,7-11,13,15,20H,6,12,14,16H2,(H,23,25)/t20-/m0/s1. The van der Waals surface area contributed by atoms with Gasteiger partial charge in [-0.05, 0) is 42.5 Å². The van der Waals surface area contributed by atoms with Crippen LogP contribution in [-0.2, 0) is 4.79 Å². The molecule has 1 atom stereocenters. The third-order valence-electron chi connectivity index (χ3n) is 4.87. The van der Waals surface area contributed by atoms with Crippen LogP contribution in [0.15, 0.2) is 72.1 Å². The van der Waals surface area contributed by atoms with Crippen molar-refractivity contribution in [3.05, 3.63) is 77.0 Å². The summed E-state index contributed by atoms with van der Waals surface area (Å²) in [5.41, 5.74) is 3.04. The van der Waals surface area contributed by atoms with Crippen molar-refractivity contribution in [2.75, 3.05) is 18.4 Å². The highest BCUT2D eigenvalue weighted by Gasteiger charge is 2.28. The third-order valence-corrected chi connectivity index (χ3v) is 5.84. The lowest BCUT2D eigenvalue weighted by Gasteiger charge is -2.23. The lowest BCUT2D eigenvalue weighted by molar-refractivity contribution is -0.117. The fourth-order valence-corrected chi connectivity index (χ4v) is 4.55. The van der Waals surface area contributed by atoms with Crippen LogP contribution in [0.25, 0.3) is 11.1 Å². The molecule has 3 aromatic rings. The van der Waals surface area contributed by atoms with Gasteiger partial charge in [0.1, 0.15) is 0 Å². The molecule has 132 valence electrons. The zero-order chi connectivity index (χ0) is 17.8. The molecule has 0 spiro atoms. The van der Waals surface area contributed by atoms with E-state index >= 15 is 0 Å². The third kappa shape index (κ3) is 3.71. The zero-order valence-corrected chi connectivity index (χ0v) is 15.4. The van der Waals surface area contributed by atoms with Crippen LogP contribution in [0.5, 0.6) is 0 Å². The van der Waals surface area contributed by atoms with Crippen LogP contribution < -0.4 is 5.32 Å². The van der Waals surface area contributed by atoms with Crippen LogP contribution in [0, 0.1) is 0 Å². The van der Waals surface area contributed by atoms with Crippen LogP contribution in [0.3, 0.4) is 0 Å². The largest absolute Gasteiger partial charge is 0.324 e.